The number of nitrogens with zero attached hydrogens (tertiary/aromatic N) is 7. The van der Waals surface area contributed by atoms with Crippen molar-refractivity contribution in [1.82, 2.24) is 19.8 Å². The molecule has 2 aromatic carbocycles. The summed E-state index contributed by atoms with van der Waals surface area (Å²) in [6, 6.07) is 13.1. The number of fused-ring (bicyclic) bond motifs is 2. The Morgan fingerprint density at radius 2 is 1.81 bits per heavy atom. The van der Waals surface area contributed by atoms with Crippen molar-refractivity contribution in [2.45, 2.75) is 84.5 Å². The summed E-state index contributed by atoms with van der Waals surface area (Å²) in [5.74, 6) is 0.510. The smallest absolute Gasteiger partial charge is 0.318 e. The van der Waals surface area contributed by atoms with E-state index >= 15 is 0 Å². The molecule has 2 atom stereocenters. The number of hydrogen-bond acceptors (Lipinski definition) is 9. The summed E-state index contributed by atoms with van der Waals surface area (Å²) < 4.78 is 13.4. The number of anilines is 2. The SMILES string of the molecule is [C-]#[N+]C[C@H]1CN(c2nc(OC[C@@H]3CCCN3CCC(C)(C)C(=O)OC(C)(C)C)nc3c2CCN(c2cccc4cccc(I)c24)C3)CCN1C(=O)C=C. The van der Waals surface area contributed by atoms with Crippen molar-refractivity contribution in [1.29, 1.82) is 0 Å². The first-order valence-corrected chi connectivity index (χ1v) is 19.8. The van der Waals surface area contributed by atoms with Gasteiger partial charge in [0.1, 0.15) is 24.1 Å². The molecule has 0 unspecified atom stereocenters. The second kappa shape index (κ2) is 16.2. The highest BCUT2D eigenvalue weighted by Crippen LogP contribution is 2.37. The van der Waals surface area contributed by atoms with Crippen molar-refractivity contribution in [2.24, 2.45) is 5.41 Å². The summed E-state index contributed by atoms with van der Waals surface area (Å²) in [4.78, 5) is 48.3. The van der Waals surface area contributed by atoms with Crippen molar-refractivity contribution in [3.63, 3.8) is 0 Å². The van der Waals surface area contributed by atoms with E-state index < -0.39 is 11.0 Å². The number of halogens is 1. The van der Waals surface area contributed by atoms with E-state index in [1.54, 1.807) is 4.90 Å². The van der Waals surface area contributed by atoms with E-state index in [1.165, 1.54) is 26.1 Å². The summed E-state index contributed by atoms with van der Waals surface area (Å²) >= 11 is 2.43. The number of piperazine rings is 1. The molecule has 0 saturated carbocycles. The molecule has 11 nitrogen and oxygen atoms in total. The van der Waals surface area contributed by atoms with Gasteiger partial charge in [-0.1, -0.05) is 30.8 Å². The summed E-state index contributed by atoms with van der Waals surface area (Å²) in [6.45, 7) is 26.3. The van der Waals surface area contributed by atoms with Crippen LogP contribution in [0.25, 0.3) is 15.6 Å². The van der Waals surface area contributed by atoms with Crippen molar-refractivity contribution in [3.8, 4) is 6.01 Å². The van der Waals surface area contributed by atoms with E-state index in [0.29, 0.717) is 45.2 Å². The Hall–Kier alpha value is -3.96. The number of hydrogen-bond donors (Lipinski definition) is 0. The predicted molar refractivity (Wildman–Crippen MR) is 217 cm³/mol. The summed E-state index contributed by atoms with van der Waals surface area (Å²) in [6.07, 6.45) is 4.84. The van der Waals surface area contributed by atoms with E-state index in [0.717, 1.165) is 56.0 Å². The highest BCUT2D eigenvalue weighted by Gasteiger charge is 2.37. The maximum Gasteiger partial charge on any atom is 0.318 e. The molecule has 2 fully saturated rings. The molecular weight excluding hydrogens is 781 g/mol. The highest BCUT2D eigenvalue weighted by molar-refractivity contribution is 14.1. The van der Waals surface area contributed by atoms with Crippen LogP contribution in [0.4, 0.5) is 11.5 Å². The fourth-order valence-electron chi connectivity index (χ4n) is 7.67. The van der Waals surface area contributed by atoms with E-state index in [1.807, 2.05) is 34.6 Å². The van der Waals surface area contributed by atoms with Gasteiger partial charge in [0.05, 0.1) is 17.7 Å². The molecule has 0 spiro atoms. The Morgan fingerprint density at radius 1 is 1.04 bits per heavy atom. The molecule has 282 valence electrons. The standard InChI is InChI=1S/C41H52IN7O4/c1-8-35(50)49-23-22-48(25-30(49)24-43-7)37-31-17-20-47(34-16-10-13-28-12-9-15-32(42)36(28)34)26-33(31)44-39(45-37)52-27-29-14-11-19-46(29)21-18-41(5,6)38(51)53-40(2,3)4/h8-10,12-13,15-16,29-30H,1,11,14,17-27H2,2-6H3/t29-,30-/m0/s1. The molecule has 1 amide bonds. The molecule has 0 radical (unpaired) electrons. The Kier molecular flexibility index (Phi) is 11.8. The van der Waals surface area contributed by atoms with Crippen LogP contribution in [0.5, 0.6) is 6.01 Å². The second-order valence-corrected chi connectivity index (χ2v) is 17.2. The molecule has 53 heavy (non-hydrogen) atoms. The first-order chi connectivity index (χ1) is 25.3. The van der Waals surface area contributed by atoms with Gasteiger partial charge in [0, 0.05) is 52.4 Å². The number of likely N-dealkylation sites (tertiary alicyclic amines) is 1. The molecule has 4 heterocycles. The first kappa shape index (κ1) is 38.8. The van der Waals surface area contributed by atoms with Crippen molar-refractivity contribution >= 4 is 56.7 Å². The van der Waals surface area contributed by atoms with Crippen LogP contribution in [0.1, 0.15) is 65.1 Å². The van der Waals surface area contributed by atoms with Gasteiger partial charge < -0.3 is 29.0 Å². The number of esters is 1. The van der Waals surface area contributed by atoms with E-state index in [2.05, 4.69) is 85.1 Å². The van der Waals surface area contributed by atoms with Gasteiger partial charge in [-0.25, -0.2) is 6.57 Å². The third kappa shape index (κ3) is 8.89. The third-order valence-corrected chi connectivity index (χ3v) is 11.5. The van der Waals surface area contributed by atoms with Crippen molar-refractivity contribution in [3.05, 3.63) is 75.3 Å². The van der Waals surface area contributed by atoms with Gasteiger partial charge in [0.25, 0.3) is 0 Å². The molecule has 6 rings (SSSR count). The monoisotopic (exact) mass is 833 g/mol. The Balaban J connectivity index is 1.25. The van der Waals surface area contributed by atoms with Gasteiger partial charge in [-0.05, 0) is 120 Å². The maximum atomic E-state index is 12.9. The van der Waals surface area contributed by atoms with Crippen LogP contribution in [-0.4, -0.2) is 102 Å². The highest BCUT2D eigenvalue weighted by atomic mass is 127. The summed E-state index contributed by atoms with van der Waals surface area (Å²) in [5, 5.41) is 2.45. The molecule has 3 aromatic rings. The van der Waals surface area contributed by atoms with Gasteiger partial charge in [0.15, 0.2) is 0 Å². The zero-order chi connectivity index (χ0) is 37.9. The summed E-state index contributed by atoms with van der Waals surface area (Å²) in [5.41, 5.74) is 2.10. The van der Waals surface area contributed by atoms with Crippen LogP contribution >= 0.6 is 22.6 Å². The van der Waals surface area contributed by atoms with Gasteiger partial charge in [-0.3, -0.25) is 14.5 Å². The molecule has 0 N–H and O–H groups in total. The minimum Gasteiger partial charge on any atom is -0.462 e. The predicted octanol–water partition coefficient (Wildman–Crippen LogP) is 6.52. The lowest BCUT2D eigenvalue weighted by Gasteiger charge is -2.41. The minimum absolute atomic E-state index is 0.150. The fourth-order valence-corrected chi connectivity index (χ4v) is 8.46. The van der Waals surface area contributed by atoms with Gasteiger partial charge in [0.2, 0.25) is 12.5 Å². The lowest BCUT2D eigenvalue weighted by Crippen LogP contribution is -2.56. The van der Waals surface area contributed by atoms with Crippen molar-refractivity contribution in [2.75, 3.05) is 62.2 Å². The molecule has 3 aliphatic rings. The van der Waals surface area contributed by atoms with Crippen LogP contribution in [0.3, 0.4) is 0 Å². The van der Waals surface area contributed by atoms with Crippen LogP contribution < -0.4 is 14.5 Å². The van der Waals surface area contributed by atoms with Crippen LogP contribution in [0.2, 0.25) is 0 Å². The second-order valence-electron chi connectivity index (χ2n) is 16.0. The van der Waals surface area contributed by atoms with E-state index in [9.17, 15) is 9.59 Å². The first-order valence-electron chi connectivity index (χ1n) is 18.7. The largest absolute Gasteiger partial charge is 0.462 e. The Bertz CT molecular complexity index is 1880. The average Bonchev–Trinajstić information content (AvgIpc) is 3.59. The number of carbonyl (C=O) groups is 2. The quantitative estimate of drug-likeness (QED) is 0.0927. The van der Waals surface area contributed by atoms with Gasteiger partial charge >= 0.3 is 12.0 Å². The number of amides is 1. The minimum atomic E-state index is -0.600. The normalized spacial score (nSPS) is 19.5. The number of carbonyl (C=O) groups excluding carboxylic acids is 2. The van der Waals surface area contributed by atoms with Gasteiger partial charge in [-0.15, -0.1) is 0 Å². The van der Waals surface area contributed by atoms with Crippen molar-refractivity contribution < 1.29 is 19.1 Å². The number of ether oxygens (including phenoxy) is 2. The third-order valence-electron chi connectivity index (χ3n) is 10.6. The van der Waals surface area contributed by atoms with E-state index in [4.69, 9.17) is 26.0 Å². The topological polar surface area (TPSA) is 95.7 Å². The molecular formula is C41H52IN7O4. The molecule has 12 heteroatoms. The van der Waals surface area contributed by atoms with E-state index in [-0.39, 0.29) is 30.5 Å². The number of rotatable bonds is 11. The fraction of sp³-hybridized carbons (Fsp3) is 0.537. The molecule has 3 aliphatic heterocycles. The lowest BCUT2D eigenvalue weighted by atomic mass is 9.89. The lowest BCUT2D eigenvalue weighted by molar-refractivity contribution is -0.166. The van der Waals surface area contributed by atoms with Crippen LogP contribution in [0.15, 0.2) is 49.1 Å². The Morgan fingerprint density at radius 3 is 2.55 bits per heavy atom. The summed E-state index contributed by atoms with van der Waals surface area (Å²) in [7, 11) is 0. The Labute approximate surface area is 327 Å². The number of aromatic nitrogens is 2. The molecule has 0 bridgehead atoms. The molecule has 2 saturated heterocycles. The van der Waals surface area contributed by atoms with Crippen LogP contribution in [-0.2, 0) is 27.3 Å². The number of benzene rings is 2. The maximum absolute atomic E-state index is 12.9. The molecule has 0 aliphatic carbocycles. The average molecular weight is 834 g/mol. The molecule has 1 aromatic heterocycles. The zero-order valence-electron chi connectivity index (χ0n) is 31.7. The van der Waals surface area contributed by atoms with Gasteiger partial charge in [-0.2, -0.15) is 9.97 Å². The zero-order valence-corrected chi connectivity index (χ0v) is 33.9. The van der Waals surface area contributed by atoms with Crippen LogP contribution in [0, 0.1) is 15.6 Å².